The Labute approximate surface area is 158 Å². The molecule has 2 aromatic rings. The molecule has 0 spiro atoms. The number of ether oxygens (including phenoxy) is 1. The minimum absolute atomic E-state index is 0.0979. The average Bonchev–Trinajstić information content (AvgIpc) is 3.10. The summed E-state index contributed by atoms with van der Waals surface area (Å²) >= 11 is 0. The second kappa shape index (κ2) is 7.39. The lowest BCUT2D eigenvalue weighted by molar-refractivity contribution is 0.0221. The van der Waals surface area contributed by atoms with E-state index in [-0.39, 0.29) is 17.7 Å². The van der Waals surface area contributed by atoms with Gasteiger partial charge in [-0.15, -0.1) is 0 Å². The first-order valence-electron chi connectivity index (χ1n) is 9.04. The van der Waals surface area contributed by atoms with E-state index in [0.29, 0.717) is 6.54 Å². The van der Waals surface area contributed by atoms with Crippen LogP contribution in [0.4, 0.5) is 4.79 Å². The van der Waals surface area contributed by atoms with Gasteiger partial charge in [-0.1, -0.05) is 18.2 Å². The number of nitrogens with zero attached hydrogens (tertiary/aromatic N) is 2. The van der Waals surface area contributed by atoms with E-state index in [1.165, 1.54) is 0 Å². The molecule has 1 aliphatic heterocycles. The third-order valence-corrected chi connectivity index (χ3v) is 4.45. The standard InChI is InChI=1S/C21H24N2O4/c1-21(2,3)27-20(26)23-11-5-8-18(23)17-10-9-16(13-22-17)14-6-4-7-15(12-14)19(24)25/h4,6-7,9-10,12-13,18H,5,8,11H2,1-3H3,(H,24,25). The van der Waals surface area contributed by atoms with Crippen molar-refractivity contribution in [3.8, 4) is 11.1 Å². The highest BCUT2D eigenvalue weighted by Crippen LogP contribution is 2.33. The highest BCUT2D eigenvalue weighted by atomic mass is 16.6. The Kier molecular flexibility index (Phi) is 5.17. The predicted molar refractivity (Wildman–Crippen MR) is 102 cm³/mol. The van der Waals surface area contributed by atoms with Crippen LogP contribution in [-0.2, 0) is 4.74 Å². The van der Waals surface area contributed by atoms with Crippen LogP contribution in [0.15, 0.2) is 42.6 Å². The van der Waals surface area contributed by atoms with E-state index in [1.54, 1.807) is 29.3 Å². The molecule has 6 heteroatoms. The molecule has 6 nitrogen and oxygen atoms in total. The first kappa shape index (κ1) is 18.9. The molecule has 1 aliphatic rings. The average molecular weight is 368 g/mol. The Bertz CT molecular complexity index is 840. The van der Waals surface area contributed by atoms with E-state index in [2.05, 4.69) is 4.98 Å². The molecule has 1 amide bonds. The Morgan fingerprint density at radius 2 is 1.96 bits per heavy atom. The van der Waals surface area contributed by atoms with Crippen molar-refractivity contribution in [3.05, 3.63) is 53.9 Å². The summed E-state index contributed by atoms with van der Waals surface area (Å²) in [4.78, 5) is 29.9. The maximum atomic E-state index is 12.5. The number of pyridine rings is 1. The second-order valence-corrected chi connectivity index (χ2v) is 7.69. The Morgan fingerprint density at radius 3 is 2.59 bits per heavy atom. The molecule has 0 saturated carbocycles. The lowest BCUT2D eigenvalue weighted by Crippen LogP contribution is -2.36. The first-order valence-corrected chi connectivity index (χ1v) is 9.04. The highest BCUT2D eigenvalue weighted by Gasteiger charge is 2.33. The second-order valence-electron chi connectivity index (χ2n) is 7.69. The maximum absolute atomic E-state index is 12.5. The summed E-state index contributed by atoms with van der Waals surface area (Å²) < 4.78 is 5.51. The van der Waals surface area contributed by atoms with Gasteiger partial charge in [0.25, 0.3) is 0 Å². The van der Waals surface area contributed by atoms with Crippen molar-refractivity contribution >= 4 is 12.1 Å². The van der Waals surface area contributed by atoms with Crippen LogP contribution in [0.3, 0.4) is 0 Å². The molecule has 27 heavy (non-hydrogen) atoms. The Hall–Kier alpha value is -2.89. The van der Waals surface area contributed by atoms with Crippen molar-refractivity contribution in [1.29, 1.82) is 0 Å². The number of benzene rings is 1. The van der Waals surface area contributed by atoms with Crippen LogP contribution in [0.2, 0.25) is 0 Å². The maximum Gasteiger partial charge on any atom is 0.410 e. The molecule has 142 valence electrons. The SMILES string of the molecule is CC(C)(C)OC(=O)N1CCCC1c1ccc(-c2cccc(C(=O)O)c2)cn1. The van der Waals surface area contributed by atoms with Crippen molar-refractivity contribution in [2.24, 2.45) is 0 Å². The molecule has 1 atom stereocenters. The minimum atomic E-state index is -0.958. The van der Waals surface area contributed by atoms with Gasteiger partial charge in [-0.05, 0) is 57.4 Å². The van der Waals surface area contributed by atoms with Gasteiger partial charge in [-0.3, -0.25) is 9.88 Å². The molecule has 3 rings (SSSR count). The molecule has 0 radical (unpaired) electrons. The van der Waals surface area contributed by atoms with Gasteiger partial charge in [-0.25, -0.2) is 9.59 Å². The van der Waals surface area contributed by atoms with Crippen LogP contribution >= 0.6 is 0 Å². The number of carboxylic acids is 1. The number of carboxylic acid groups (broad SMARTS) is 1. The van der Waals surface area contributed by atoms with Crippen LogP contribution in [0.5, 0.6) is 0 Å². The van der Waals surface area contributed by atoms with Crippen LogP contribution < -0.4 is 0 Å². The fourth-order valence-electron chi connectivity index (χ4n) is 3.22. The van der Waals surface area contributed by atoms with E-state index < -0.39 is 11.6 Å². The number of likely N-dealkylation sites (tertiary alicyclic amines) is 1. The number of hydrogen-bond donors (Lipinski definition) is 1. The van der Waals surface area contributed by atoms with Crippen molar-refractivity contribution < 1.29 is 19.4 Å². The lowest BCUT2D eigenvalue weighted by Gasteiger charge is -2.28. The largest absolute Gasteiger partial charge is 0.478 e. The Balaban J connectivity index is 1.79. The van der Waals surface area contributed by atoms with Gasteiger partial charge in [0.05, 0.1) is 17.3 Å². The molecule has 1 saturated heterocycles. The number of hydrogen-bond acceptors (Lipinski definition) is 4. The molecule has 2 heterocycles. The normalized spacial score (nSPS) is 17.0. The molecule has 1 aromatic carbocycles. The molecular formula is C21H24N2O4. The van der Waals surface area contributed by atoms with Gasteiger partial charge in [0.15, 0.2) is 0 Å². The van der Waals surface area contributed by atoms with Crippen molar-refractivity contribution in [1.82, 2.24) is 9.88 Å². The Morgan fingerprint density at radius 1 is 1.19 bits per heavy atom. The van der Waals surface area contributed by atoms with Gasteiger partial charge in [0.2, 0.25) is 0 Å². The zero-order chi connectivity index (χ0) is 19.6. The zero-order valence-corrected chi connectivity index (χ0v) is 15.8. The van der Waals surface area contributed by atoms with E-state index >= 15 is 0 Å². The first-order chi connectivity index (χ1) is 12.7. The fraction of sp³-hybridized carbons (Fsp3) is 0.381. The summed E-state index contributed by atoms with van der Waals surface area (Å²) in [5, 5.41) is 9.14. The highest BCUT2D eigenvalue weighted by molar-refractivity contribution is 5.89. The van der Waals surface area contributed by atoms with E-state index in [4.69, 9.17) is 9.84 Å². The van der Waals surface area contributed by atoms with E-state index in [9.17, 15) is 9.59 Å². The monoisotopic (exact) mass is 368 g/mol. The number of carbonyl (C=O) groups excluding carboxylic acids is 1. The predicted octanol–water partition coefficient (Wildman–Crippen LogP) is 4.52. The van der Waals surface area contributed by atoms with Gasteiger partial charge >= 0.3 is 12.1 Å². The van der Waals surface area contributed by atoms with Crippen molar-refractivity contribution in [2.75, 3.05) is 6.54 Å². The number of aromatic nitrogens is 1. The molecule has 0 aliphatic carbocycles. The number of carbonyl (C=O) groups is 2. The fourth-order valence-corrected chi connectivity index (χ4v) is 3.22. The smallest absolute Gasteiger partial charge is 0.410 e. The van der Waals surface area contributed by atoms with Crippen molar-refractivity contribution in [3.63, 3.8) is 0 Å². The number of rotatable bonds is 3. The third kappa shape index (κ3) is 4.45. The van der Waals surface area contributed by atoms with Crippen LogP contribution in [0.25, 0.3) is 11.1 Å². The zero-order valence-electron chi connectivity index (χ0n) is 15.8. The van der Waals surface area contributed by atoms with Gasteiger partial charge in [0, 0.05) is 18.3 Å². The summed E-state index contributed by atoms with van der Waals surface area (Å²) in [6.07, 6.45) is 3.17. The third-order valence-electron chi connectivity index (χ3n) is 4.45. The quantitative estimate of drug-likeness (QED) is 0.862. The molecular weight excluding hydrogens is 344 g/mol. The van der Waals surface area contributed by atoms with E-state index in [0.717, 1.165) is 29.7 Å². The van der Waals surface area contributed by atoms with Gasteiger partial charge in [0.1, 0.15) is 5.60 Å². The molecule has 1 unspecified atom stereocenters. The summed E-state index contributed by atoms with van der Waals surface area (Å²) in [5.74, 6) is -0.958. The molecule has 1 N–H and O–H groups in total. The molecule has 1 aromatic heterocycles. The summed E-state index contributed by atoms with van der Waals surface area (Å²) in [7, 11) is 0. The van der Waals surface area contributed by atoms with Crippen LogP contribution in [0, 0.1) is 0 Å². The van der Waals surface area contributed by atoms with Crippen LogP contribution in [-0.4, -0.2) is 39.2 Å². The molecule has 0 bridgehead atoms. The van der Waals surface area contributed by atoms with E-state index in [1.807, 2.05) is 39.0 Å². The van der Waals surface area contributed by atoms with Gasteiger partial charge < -0.3 is 9.84 Å². The van der Waals surface area contributed by atoms with Crippen LogP contribution in [0.1, 0.15) is 55.7 Å². The topological polar surface area (TPSA) is 79.7 Å². The summed E-state index contributed by atoms with van der Waals surface area (Å²) in [6.45, 7) is 6.22. The number of aromatic carboxylic acids is 1. The number of amides is 1. The van der Waals surface area contributed by atoms with Crippen molar-refractivity contribution in [2.45, 2.75) is 45.3 Å². The lowest BCUT2D eigenvalue weighted by atomic mass is 10.0. The summed E-state index contributed by atoms with van der Waals surface area (Å²) in [5.41, 5.74) is 2.16. The van der Waals surface area contributed by atoms with Gasteiger partial charge in [-0.2, -0.15) is 0 Å². The molecule has 1 fully saturated rings. The minimum Gasteiger partial charge on any atom is -0.478 e. The summed E-state index contributed by atoms with van der Waals surface area (Å²) in [6, 6.07) is 10.5.